The molecule has 1 aromatic heterocycles. The van der Waals surface area contributed by atoms with E-state index in [1.54, 1.807) is 13.2 Å². The van der Waals surface area contributed by atoms with Crippen molar-refractivity contribution in [2.24, 2.45) is 18.0 Å². The van der Waals surface area contributed by atoms with Crippen LogP contribution < -0.4 is 10.6 Å². The van der Waals surface area contributed by atoms with Gasteiger partial charge >= 0.3 is 0 Å². The first kappa shape index (κ1) is 28.2. The summed E-state index contributed by atoms with van der Waals surface area (Å²) in [6, 6.07) is 1.97. The zero-order valence-electron chi connectivity index (χ0n) is 20.0. The molecular weight excluding hydrogens is 521 g/mol. The van der Waals surface area contributed by atoms with Gasteiger partial charge in [-0.25, -0.2) is 0 Å². The molecule has 1 fully saturated rings. The molecule has 0 aliphatic carbocycles. The van der Waals surface area contributed by atoms with Gasteiger partial charge in [-0.1, -0.05) is 20.3 Å². The maximum Gasteiger partial charge on any atom is 0.222 e. The Kier molecular flexibility index (Phi) is 13.3. The summed E-state index contributed by atoms with van der Waals surface area (Å²) in [7, 11) is 3.67. The highest BCUT2D eigenvalue weighted by Gasteiger charge is 2.23. The Bertz CT molecular complexity index is 728. The Hall–Kier alpha value is -1.85. The minimum atomic E-state index is 0. The average Bonchev–Trinajstić information content (AvgIpc) is 3.16. The number of nitrogens with zero attached hydrogens (tertiary/aromatic N) is 5. The summed E-state index contributed by atoms with van der Waals surface area (Å²) < 4.78 is 1.83. The number of carbonyl (C=O) groups excluding carboxylic acids is 2. The maximum absolute atomic E-state index is 12.4. The highest BCUT2D eigenvalue weighted by atomic mass is 127. The van der Waals surface area contributed by atoms with Crippen molar-refractivity contribution in [1.29, 1.82) is 0 Å². The third-order valence-corrected chi connectivity index (χ3v) is 5.51. The Balaban J connectivity index is 0.00000512. The summed E-state index contributed by atoms with van der Waals surface area (Å²) >= 11 is 0. The molecule has 1 aliphatic rings. The molecule has 2 amide bonds. The van der Waals surface area contributed by atoms with E-state index in [0.717, 1.165) is 37.5 Å². The summed E-state index contributed by atoms with van der Waals surface area (Å²) in [6.45, 7) is 8.23. The van der Waals surface area contributed by atoms with Crippen LogP contribution in [0, 0.1) is 5.92 Å². The molecule has 0 unspecified atom stereocenters. The lowest BCUT2D eigenvalue weighted by Crippen LogP contribution is -2.50. The van der Waals surface area contributed by atoms with Gasteiger partial charge in [-0.2, -0.15) is 5.10 Å². The first-order valence-corrected chi connectivity index (χ1v) is 11.4. The van der Waals surface area contributed by atoms with E-state index in [9.17, 15) is 9.59 Å². The first-order chi connectivity index (χ1) is 14.9. The molecule has 0 spiro atoms. The number of nitrogens with one attached hydrogen (secondary N) is 2. The minimum Gasteiger partial charge on any atom is -0.356 e. The number of piperazine rings is 1. The van der Waals surface area contributed by atoms with E-state index < -0.39 is 0 Å². The van der Waals surface area contributed by atoms with E-state index in [1.165, 1.54) is 0 Å². The van der Waals surface area contributed by atoms with E-state index in [4.69, 9.17) is 0 Å². The summed E-state index contributed by atoms with van der Waals surface area (Å²) in [5.74, 6) is 1.55. The standard InChI is InChI=1S/C22H39N7O2.HI/c1-18(2)16-21(31)29-14-12-28(13-15-29)20(30)8-6-5-7-10-24-22(23-3)25-17-19-9-11-26-27(19)4;/h9,11,18H,5-8,10,12-17H2,1-4H3,(H2,23,24,25);1H. The van der Waals surface area contributed by atoms with Crippen molar-refractivity contribution in [2.75, 3.05) is 39.8 Å². The number of aryl methyl sites for hydroxylation is 1. The van der Waals surface area contributed by atoms with Crippen LogP contribution in [0.5, 0.6) is 0 Å². The molecule has 10 heteroatoms. The molecular formula is C22H40IN7O2. The van der Waals surface area contributed by atoms with Gasteiger partial charge in [0.2, 0.25) is 11.8 Å². The molecule has 0 saturated carbocycles. The number of halogens is 1. The average molecular weight is 562 g/mol. The van der Waals surface area contributed by atoms with E-state index in [2.05, 4.69) is 34.6 Å². The zero-order chi connectivity index (χ0) is 22.6. The van der Waals surface area contributed by atoms with Crippen LogP contribution in [0.25, 0.3) is 0 Å². The molecule has 32 heavy (non-hydrogen) atoms. The minimum absolute atomic E-state index is 0. The van der Waals surface area contributed by atoms with Gasteiger partial charge in [0.1, 0.15) is 0 Å². The van der Waals surface area contributed by atoms with Gasteiger partial charge in [-0.3, -0.25) is 19.3 Å². The topological polar surface area (TPSA) is 94.9 Å². The van der Waals surface area contributed by atoms with Crippen LogP contribution in [0.2, 0.25) is 0 Å². The molecule has 9 nitrogen and oxygen atoms in total. The molecule has 0 atom stereocenters. The van der Waals surface area contributed by atoms with Crippen LogP contribution in [-0.4, -0.2) is 77.1 Å². The third-order valence-electron chi connectivity index (χ3n) is 5.51. The van der Waals surface area contributed by atoms with Crippen molar-refractivity contribution in [3.63, 3.8) is 0 Å². The van der Waals surface area contributed by atoms with Gasteiger partial charge in [0, 0.05) is 65.9 Å². The van der Waals surface area contributed by atoms with E-state index in [0.29, 0.717) is 51.5 Å². The van der Waals surface area contributed by atoms with Crippen molar-refractivity contribution in [3.05, 3.63) is 18.0 Å². The van der Waals surface area contributed by atoms with Gasteiger partial charge in [0.15, 0.2) is 5.96 Å². The maximum atomic E-state index is 12.4. The quantitative estimate of drug-likeness (QED) is 0.197. The Morgan fingerprint density at radius 3 is 2.28 bits per heavy atom. The smallest absolute Gasteiger partial charge is 0.222 e. The number of amides is 2. The molecule has 2 rings (SSSR count). The second kappa shape index (κ2) is 15.1. The third kappa shape index (κ3) is 9.74. The van der Waals surface area contributed by atoms with E-state index >= 15 is 0 Å². The second-order valence-electron chi connectivity index (χ2n) is 8.47. The van der Waals surface area contributed by atoms with Crippen LogP contribution in [0.1, 0.15) is 51.6 Å². The molecule has 2 N–H and O–H groups in total. The number of carbonyl (C=O) groups is 2. The number of hydrogen-bond donors (Lipinski definition) is 2. The predicted molar refractivity (Wildman–Crippen MR) is 138 cm³/mol. The normalized spacial score (nSPS) is 14.3. The molecule has 1 saturated heterocycles. The number of aliphatic imine (C=N–C) groups is 1. The SMILES string of the molecule is CN=C(NCCCCCC(=O)N1CCN(C(=O)CC(C)C)CC1)NCc1ccnn1C.I. The lowest BCUT2D eigenvalue weighted by atomic mass is 10.1. The number of guanidine groups is 1. The summed E-state index contributed by atoms with van der Waals surface area (Å²) in [4.78, 5) is 32.6. The fourth-order valence-corrected chi connectivity index (χ4v) is 3.60. The van der Waals surface area contributed by atoms with E-state index in [1.807, 2.05) is 27.6 Å². The van der Waals surface area contributed by atoms with Crippen LogP contribution in [0.3, 0.4) is 0 Å². The number of aromatic nitrogens is 2. The predicted octanol–water partition coefficient (Wildman–Crippen LogP) is 1.98. The van der Waals surface area contributed by atoms with E-state index in [-0.39, 0.29) is 35.8 Å². The Morgan fingerprint density at radius 2 is 1.72 bits per heavy atom. The van der Waals surface area contributed by atoms with Crippen molar-refractivity contribution in [2.45, 2.75) is 52.5 Å². The molecule has 1 aromatic rings. The monoisotopic (exact) mass is 561 g/mol. The molecule has 2 heterocycles. The molecule has 1 aliphatic heterocycles. The summed E-state index contributed by atoms with van der Waals surface area (Å²) in [5.41, 5.74) is 1.09. The zero-order valence-corrected chi connectivity index (χ0v) is 22.3. The van der Waals surface area contributed by atoms with Gasteiger partial charge in [-0.05, 0) is 24.8 Å². The molecule has 0 bridgehead atoms. The fourth-order valence-electron chi connectivity index (χ4n) is 3.60. The molecule has 0 aromatic carbocycles. The summed E-state index contributed by atoms with van der Waals surface area (Å²) in [6.07, 6.45) is 5.80. The highest BCUT2D eigenvalue weighted by Crippen LogP contribution is 2.10. The van der Waals surface area contributed by atoms with Gasteiger partial charge in [0.05, 0.1) is 12.2 Å². The lowest BCUT2D eigenvalue weighted by Gasteiger charge is -2.35. The van der Waals surface area contributed by atoms with Crippen LogP contribution in [-0.2, 0) is 23.2 Å². The van der Waals surface area contributed by atoms with Gasteiger partial charge in [-0.15, -0.1) is 24.0 Å². The van der Waals surface area contributed by atoms with Crippen molar-refractivity contribution in [1.82, 2.24) is 30.2 Å². The van der Waals surface area contributed by atoms with Crippen molar-refractivity contribution >= 4 is 41.8 Å². The van der Waals surface area contributed by atoms with Gasteiger partial charge < -0.3 is 20.4 Å². The number of hydrogen-bond acceptors (Lipinski definition) is 4. The fraction of sp³-hybridized carbons (Fsp3) is 0.727. The number of rotatable bonds is 10. The van der Waals surface area contributed by atoms with Crippen LogP contribution in [0.15, 0.2) is 17.3 Å². The van der Waals surface area contributed by atoms with Crippen molar-refractivity contribution < 1.29 is 9.59 Å². The number of unbranched alkanes of at least 4 members (excludes halogenated alkanes) is 2. The Morgan fingerprint density at radius 1 is 1.06 bits per heavy atom. The highest BCUT2D eigenvalue weighted by molar-refractivity contribution is 14.0. The largest absolute Gasteiger partial charge is 0.356 e. The van der Waals surface area contributed by atoms with Crippen molar-refractivity contribution in [3.8, 4) is 0 Å². The first-order valence-electron chi connectivity index (χ1n) is 11.4. The Labute approximate surface area is 209 Å². The summed E-state index contributed by atoms with van der Waals surface area (Å²) in [5, 5.41) is 10.7. The molecule has 182 valence electrons. The lowest BCUT2D eigenvalue weighted by molar-refractivity contribution is -0.140. The van der Waals surface area contributed by atoms with Crippen LogP contribution >= 0.6 is 24.0 Å². The van der Waals surface area contributed by atoms with Gasteiger partial charge in [0.25, 0.3) is 0 Å². The van der Waals surface area contributed by atoms with Crippen LogP contribution in [0.4, 0.5) is 0 Å². The second-order valence-corrected chi connectivity index (χ2v) is 8.47. The molecule has 0 radical (unpaired) electrons.